The van der Waals surface area contributed by atoms with E-state index < -0.39 is 0 Å². The van der Waals surface area contributed by atoms with Gasteiger partial charge in [0, 0.05) is 29.7 Å². The normalized spacial score (nSPS) is 16.6. The van der Waals surface area contributed by atoms with Crippen molar-refractivity contribution in [1.29, 1.82) is 0 Å². The maximum atomic E-state index is 12.0. The number of nitrogens with zero attached hydrogens (tertiary/aromatic N) is 1. The third-order valence-corrected chi connectivity index (χ3v) is 3.72. The van der Waals surface area contributed by atoms with Gasteiger partial charge in [0.2, 0.25) is 5.91 Å². The molecule has 1 atom stereocenters. The van der Waals surface area contributed by atoms with E-state index in [1.807, 2.05) is 23.1 Å². The molecular formula is C14H19ClN2O. The fourth-order valence-electron chi connectivity index (χ4n) is 2.27. The second kappa shape index (κ2) is 5.72. The zero-order valence-corrected chi connectivity index (χ0v) is 11.4. The molecule has 2 N–H and O–H groups in total. The van der Waals surface area contributed by atoms with Crippen molar-refractivity contribution in [2.24, 2.45) is 5.73 Å². The molecule has 4 heteroatoms. The van der Waals surface area contributed by atoms with Crippen LogP contribution in [0.4, 0.5) is 5.69 Å². The number of carbonyl (C=O) groups excluding carboxylic acids is 1. The maximum Gasteiger partial charge on any atom is 0.227 e. The molecule has 1 aromatic rings. The van der Waals surface area contributed by atoms with Crippen molar-refractivity contribution in [2.45, 2.75) is 38.6 Å². The SMILES string of the molecule is CCC(N)CCN1C(=O)CCc2cc(Cl)ccc21. The number of rotatable bonds is 4. The summed E-state index contributed by atoms with van der Waals surface area (Å²) in [5, 5.41) is 0.730. The molecule has 1 amide bonds. The van der Waals surface area contributed by atoms with Gasteiger partial charge in [-0.3, -0.25) is 4.79 Å². The molecule has 1 heterocycles. The van der Waals surface area contributed by atoms with Crippen LogP contribution in [0.2, 0.25) is 5.02 Å². The first-order valence-corrected chi connectivity index (χ1v) is 6.84. The van der Waals surface area contributed by atoms with Crippen LogP contribution in [0, 0.1) is 0 Å². The van der Waals surface area contributed by atoms with Crippen LogP contribution in [-0.4, -0.2) is 18.5 Å². The number of aryl methyl sites for hydroxylation is 1. The molecule has 3 nitrogen and oxygen atoms in total. The molecule has 1 unspecified atom stereocenters. The van der Waals surface area contributed by atoms with Crippen LogP contribution in [0.3, 0.4) is 0 Å². The van der Waals surface area contributed by atoms with Gasteiger partial charge in [-0.25, -0.2) is 0 Å². The Labute approximate surface area is 113 Å². The van der Waals surface area contributed by atoms with E-state index in [4.69, 9.17) is 17.3 Å². The smallest absolute Gasteiger partial charge is 0.227 e. The van der Waals surface area contributed by atoms with Gasteiger partial charge in [-0.05, 0) is 43.0 Å². The molecule has 0 spiro atoms. The number of carbonyl (C=O) groups is 1. The molecule has 2 rings (SSSR count). The lowest BCUT2D eigenvalue weighted by molar-refractivity contribution is -0.118. The highest BCUT2D eigenvalue weighted by molar-refractivity contribution is 6.30. The minimum atomic E-state index is 0.162. The van der Waals surface area contributed by atoms with Crippen LogP contribution in [0.25, 0.3) is 0 Å². The van der Waals surface area contributed by atoms with E-state index in [-0.39, 0.29) is 11.9 Å². The van der Waals surface area contributed by atoms with Crippen molar-refractivity contribution in [3.8, 4) is 0 Å². The Bertz CT molecular complexity index is 447. The first-order chi connectivity index (χ1) is 8.61. The molecule has 0 bridgehead atoms. The Hall–Kier alpha value is -1.06. The fourth-order valence-corrected chi connectivity index (χ4v) is 2.47. The van der Waals surface area contributed by atoms with Crippen molar-refractivity contribution >= 4 is 23.2 Å². The van der Waals surface area contributed by atoms with Gasteiger partial charge in [0.15, 0.2) is 0 Å². The van der Waals surface area contributed by atoms with Gasteiger partial charge in [0.1, 0.15) is 0 Å². The number of halogens is 1. The van der Waals surface area contributed by atoms with Crippen LogP contribution < -0.4 is 10.6 Å². The minimum Gasteiger partial charge on any atom is -0.328 e. The van der Waals surface area contributed by atoms with Crippen LogP contribution in [0.1, 0.15) is 31.7 Å². The third-order valence-electron chi connectivity index (χ3n) is 3.49. The van der Waals surface area contributed by atoms with E-state index in [0.29, 0.717) is 13.0 Å². The monoisotopic (exact) mass is 266 g/mol. The molecule has 1 aliphatic rings. The molecule has 0 radical (unpaired) electrons. The Balaban J connectivity index is 2.17. The topological polar surface area (TPSA) is 46.3 Å². The molecule has 0 fully saturated rings. The lowest BCUT2D eigenvalue weighted by Crippen LogP contribution is -2.38. The Morgan fingerprint density at radius 1 is 1.44 bits per heavy atom. The van der Waals surface area contributed by atoms with E-state index in [2.05, 4.69) is 6.92 Å². The summed E-state index contributed by atoms with van der Waals surface area (Å²) in [5.74, 6) is 0.188. The van der Waals surface area contributed by atoms with Crippen LogP contribution in [0.15, 0.2) is 18.2 Å². The van der Waals surface area contributed by atoms with Crippen molar-refractivity contribution in [3.63, 3.8) is 0 Å². The molecule has 98 valence electrons. The van der Waals surface area contributed by atoms with E-state index >= 15 is 0 Å². The van der Waals surface area contributed by atoms with Gasteiger partial charge in [0.05, 0.1) is 0 Å². The van der Waals surface area contributed by atoms with E-state index in [1.54, 1.807) is 0 Å². The summed E-state index contributed by atoms with van der Waals surface area (Å²) in [6, 6.07) is 5.89. The Morgan fingerprint density at radius 3 is 2.94 bits per heavy atom. The molecule has 0 saturated heterocycles. The number of hydrogen-bond donors (Lipinski definition) is 1. The lowest BCUT2D eigenvalue weighted by atomic mass is 10.0. The highest BCUT2D eigenvalue weighted by atomic mass is 35.5. The van der Waals surface area contributed by atoms with Gasteiger partial charge in [-0.1, -0.05) is 18.5 Å². The molecule has 1 aliphatic heterocycles. The quantitative estimate of drug-likeness (QED) is 0.911. The number of anilines is 1. The summed E-state index contributed by atoms with van der Waals surface area (Å²) < 4.78 is 0. The Kier molecular flexibility index (Phi) is 4.25. The summed E-state index contributed by atoms with van der Waals surface area (Å²) in [7, 11) is 0. The largest absolute Gasteiger partial charge is 0.328 e. The standard InChI is InChI=1S/C14H19ClN2O/c1-2-12(16)7-8-17-13-5-4-11(15)9-10(13)3-6-14(17)18/h4-5,9,12H,2-3,6-8,16H2,1H3. The second-order valence-electron chi connectivity index (χ2n) is 4.78. The summed E-state index contributed by atoms with van der Waals surface area (Å²) >= 11 is 5.99. The summed E-state index contributed by atoms with van der Waals surface area (Å²) in [4.78, 5) is 13.8. The van der Waals surface area contributed by atoms with Gasteiger partial charge < -0.3 is 10.6 Å². The number of amides is 1. The molecule has 0 aliphatic carbocycles. The predicted molar refractivity (Wildman–Crippen MR) is 75.0 cm³/mol. The van der Waals surface area contributed by atoms with Gasteiger partial charge in [-0.2, -0.15) is 0 Å². The van der Waals surface area contributed by atoms with Gasteiger partial charge in [-0.15, -0.1) is 0 Å². The van der Waals surface area contributed by atoms with Crippen LogP contribution >= 0.6 is 11.6 Å². The third kappa shape index (κ3) is 2.85. The van der Waals surface area contributed by atoms with Crippen molar-refractivity contribution in [3.05, 3.63) is 28.8 Å². The predicted octanol–water partition coefficient (Wildman–Crippen LogP) is 2.75. The van der Waals surface area contributed by atoms with Gasteiger partial charge in [0.25, 0.3) is 0 Å². The molecule has 0 saturated carbocycles. The number of benzene rings is 1. The van der Waals surface area contributed by atoms with Crippen LogP contribution in [-0.2, 0) is 11.2 Å². The molecule has 1 aromatic carbocycles. The first kappa shape index (κ1) is 13.4. The van der Waals surface area contributed by atoms with E-state index in [1.165, 1.54) is 0 Å². The summed E-state index contributed by atoms with van der Waals surface area (Å²) in [6.45, 7) is 2.76. The summed E-state index contributed by atoms with van der Waals surface area (Å²) in [6.07, 6.45) is 3.12. The zero-order chi connectivity index (χ0) is 13.1. The molecular weight excluding hydrogens is 248 g/mol. The number of hydrogen-bond acceptors (Lipinski definition) is 2. The van der Waals surface area contributed by atoms with Crippen molar-refractivity contribution in [2.75, 3.05) is 11.4 Å². The van der Waals surface area contributed by atoms with E-state index in [9.17, 15) is 4.79 Å². The minimum absolute atomic E-state index is 0.162. The fraction of sp³-hybridized carbons (Fsp3) is 0.500. The van der Waals surface area contributed by atoms with Crippen molar-refractivity contribution < 1.29 is 4.79 Å². The highest BCUT2D eigenvalue weighted by Gasteiger charge is 2.24. The van der Waals surface area contributed by atoms with Crippen molar-refractivity contribution in [1.82, 2.24) is 0 Å². The maximum absolute atomic E-state index is 12.0. The Morgan fingerprint density at radius 2 is 2.22 bits per heavy atom. The lowest BCUT2D eigenvalue weighted by Gasteiger charge is -2.30. The number of fused-ring (bicyclic) bond motifs is 1. The van der Waals surface area contributed by atoms with Gasteiger partial charge >= 0.3 is 0 Å². The summed E-state index contributed by atoms with van der Waals surface area (Å²) in [5.41, 5.74) is 8.08. The van der Waals surface area contributed by atoms with E-state index in [0.717, 1.165) is 35.5 Å². The number of nitrogens with two attached hydrogens (primary N) is 1. The zero-order valence-electron chi connectivity index (χ0n) is 10.7. The average molecular weight is 267 g/mol. The first-order valence-electron chi connectivity index (χ1n) is 6.46. The molecule has 18 heavy (non-hydrogen) atoms. The highest BCUT2D eigenvalue weighted by Crippen LogP contribution is 2.30. The van der Waals surface area contributed by atoms with Crippen LogP contribution in [0.5, 0.6) is 0 Å². The second-order valence-corrected chi connectivity index (χ2v) is 5.21. The molecule has 0 aromatic heterocycles. The average Bonchev–Trinajstić information content (AvgIpc) is 2.37.